The van der Waals surface area contributed by atoms with E-state index in [1.165, 1.54) is 0 Å². The fourth-order valence-electron chi connectivity index (χ4n) is 2.42. The number of rotatable bonds is 6. The van der Waals surface area contributed by atoms with Crippen LogP contribution in [0.15, 0.2) is 24.3 Å². The first-order valence-electron chi connectivity index (χ1n) is 7.51. The molecule has 1 amide bonds. The summed E-state index contributed by atoms with van der Waals surface area (Å²) in [6.45, 7) is 3.33. The van der Waals surface area contributed by atoms with Gasteiger partial charge >= 0.3 is 0 Å². The highest BCUT2D eigenvalue weighted by Gasteiger charge is 2.20. The molecule has 0 spiro atoms. The number of para-hydroxylation sites is 2. The molecule has 0 radical (unpaired) electrons. The molecule has 0 saturated carbocycles. The lowest BCUT2D eigenvalue weighted by Gasteiger charge is -2.23. The van der Waals surface area contributed by atoms with Gasteiger partial charge in [-0.15, -0.1) is 12.4 Å². The van der Waals surface area contributed by atoms with Crippen LogP contribution in [0.25, 0.3) is 0 Å². The number of carbonyl (C=O) groups is 1. The largest absolute Gasteiger partial charge is 0.493 e. The van der Waals surface area contributed by atoms with Crippen LogP contribution in [0.2, 0.25) is 0 Å². The van der Waals surface area contributed by atoms with E-state index >= 15 is 0 Å². The van der Waals surface area contributed by atoms with Crippen LogP contribution in [0.5, 0.6) is 11.5 Å². The second kappa shape index (κ2) is 9.54. The van der Waals surface area contributed by atoms with E-state index < -0.39 is 0 Å². The van der Waals surface area contributed by atoms with Crippen molar-refractivity contribution in [1.82, 2.24) is 10.6 Å². The minimum Gasteiger partial charge on any atom is -0.493 e. The number of ether oxygens (including phenoxy) is 2. The van der Waals surface area contributed by atoms with Crippen molar-refractivity contribution in [3.63, 3.8) is 0 Å². The predicted octanol–water partition coefficient (Wildman–Crippen LogP) is 2.14. The molecule has 6 heteroatoms. The number of benzene rings is 1. The van der Waals surface area contributed by atoms with E-state index in [0.29, 0.717) is 18.0 Å². The highest BCUT2D eigenvalue weighted by atomic mass is 35.5. The van der Waals surface area contributed by atoms with Gasteiger partial charge in [-0.3, -0.25) is 4.79 Å². The molecule has 124 valence electrons. The summed E-state index contributed by atoms with van der Waals surface area (Å²) in [7, 11) is 1.61. The Morgan fingerprint density at radius 1 is 1.36 bits per heavy atom. The fourth-order valence-corrected chi connectivity index (χ4v) is 2.42. The molecule has 22 heavy (non-hydrogen) atoms. The minimum absolute atomic E-state index is 0. The first-order valence-corrected chi connectivity index (χ1v) is 7.51. The average Bonchev–Trinajstić information content (AvgIpc) is 2.54. The van der Waals surface area contributed by atoms with Gasteiger partial charge in [-0.05, 0) is 38.4 Å². The third kappa shape index (κ3) is 5.39. The predicted molar refractivity (Wildman–Crippen MR) is 89.0 cm³/mol. The van der Waals surface area contributed by atoms with Crippen molar-refractivity contribution in [2.45, 2.75) is 38.3 Å². The standard InChI is InChI=1S/C16H24N2O3.ClH/c1-12(21-15-9-4-3-8-14(15)20-2)11-18-16(19)13-7-5-6-10-17-13;/h3-4,8-9,12-13,17H,5-7,10-11H2,1-2H3,(H,18,19);1H. The summed E-state index contributed by atoms with van der Waals surface area (Å²) in [5, 5.41) is 6.18. The maximum Gasteiger partial charge on any atom is 0.237 e. The number of halogens is 1. The van der Waals surface area contributed by atoms with E-state index in [1.807, 2.05) is 31.2 Å². The van der Waals surface area contributed by atoms with Crippen molar-refractivity contribution in [1.29, 1.82) is 0 Å². The highest BCUT2D eigenvalue weighted by molar-refractivity contribution is 5.85. The van der Waals surface area contributed by atoms with Gasteiger partial charge in [-0.1, -0.05) is 18.6 Å². The average molecular weight is 329 g/mol. The second-order valence-corrected chi connectivity index (χ2v) is 5.33. The third-order valence-electron chi connectivity index (χ3n) is 3.59. The first-order chi connectivity index (χ1) is 10.2. The first kappa shape index (κ1) is 18.6. The Morgan fingerprint density at radius 2 is 2.09 bits per heavy atom. The van der Waals surface area contributed by atoms with E-state index in [2.05, 4.69) is 10.6 Å². The zero-order valence-electron chi connectivity index (χ0n) is 13.1. The van der Waals surface area contributed by atoms with Gasteiger partial charge in [-0.25, -0.2) is 0 Å². The Labute approximate surface area is 138 Å². The Hall–Kier alpha value is -1.46. The van der Waals surface area contributed by atoms with E-state index in [9.17, 15) is 4.79 Å². The number of piperidine rings is 1. The summed E-state index contributed by atoms with van der Waals surface area (Å²) in [6.07, 6.45) is 3.05. The molecule has 2 rings (SSSR count). The van der Waals surface area contributed by atoms with Gasteiger partial charge < -0.3 is 20.1 Å². The van der Waals surface area contributed by atoms with E-state index in [0.717, 1.165) is 25.8 Å². The summed E-state index contributed by atoms with van der Waals surface area (Å²) in [6, 6.07) is 7.45. The molecule has 2 N–H and O–H groups in total. The SMILES string of the molecule is COc1ccccc1OC(C)CNC(=O)C1CCCCN1.Cl. The maximum atomic E-state index is 12.0. The van der Waals surface area contributed by atoms with E-state index in [1.54, 1.807) is 7.11 Å². The lowest BCUT2D eigenvalue weighted by Crippen LogP contribution is -2.48. The molecule has 2 unspecified atom stereocenters. The van der Waals surface area contributed by atoms with Gasteiger partial charge in [0.25, 0.3) is 0 Å². The van der Waals surface area contributed by atoms with Gasteiger partial charge in [0, 0.05) is 0 Å². The van der Waals surface area contributed by atoms with Crippen LogP contribution < -0.4 is 20.1 Å². The molecule has 1 fully saturated rings. The molecule has 0 aromatic heterocycles. The van der Waals surface area contributed by atoms with Crippen LogP contribution >= 0.6 is 12.4 Å². The quantitative estimate of drug-likeness (QED) is 0.840. The number of methoxy groups -OCH3 is 1. The van der Waals surface area contributed by atoms with Crippen LogP contribution in [0, 0.1) is 0 Å². The number of amides is 1. The third-order valence-corrected chi connectivity index (χ3v) is 3.59. The van der Waals surface area contributed by atoms with Gasteiger partial charge in [0.2, 0.25) is 5.91 Å². The molecule has 1 aliphatic rings. The Morgan fingerprint density at radius 3 is 2.73 bits per heavy atom. The molecular formula is C16H25ClN2O3. The van der Waals surface area contributed by atoms with Gasteiger partial charge in [0.05, 0.1) is 19.7 Å². The fraction of sp³-hybridized carbons (Fsp3) is 0.562. The van der Waals surface area contributed by atoms with Crippen LogP contribution in [0.4, 0.5) is 0 Å². The minimum atomic E-state index is -0.117. The molecular weight excluding hydrogens is 304 g/mol. The zero-order valence-corrected chi connectivity index (χ0v) is 13.9. The number of hydrogen-bond donors (Lipinski definition) is 2. The molecule has 2 atom stereocenters. The topological polar surface area (TPSA) is 59.6 Å². The van der Waals surface area contributed by atoms with Crippen LogP contribution in [0.1, 0.15) is 26.2 Å². The molecule has 1 aromatic carbocycles. The van der Waals surface area contributed by atoms with Crippen molar-refractivity contribution < 1.29 is 14.3 Å². The summed E-state index contributed by atoms with van der Waals surface area (Å²) < 4.78 is 11.1. The molecule has 5 nitrogen and oxygen atoms in total. The number of hydrogen-bond acceptors (Lipinski definition) is 4. The lowest BCUT2D eigenvalue weighted by atomic mass is 10.0. The van der Waals surface area contributed by atoms with Crippen molar-refractivity contribution in [3.8, 4) is 11.5 Å². The van der Waals surface area contributed by atoms with Crippen LogP contribution in [-0.4, -0.2) is 38.3 Å². The van der Waals surface area contributed by atoms with Crippen molar-refractivity contribution in [3.05, 3.63) is 24.3 Å². The lowest BCUT2D eigenvalue weighted by molar-refractivity contribution is -0.124. The molecule has 1 saturated heterocycles. The summed E-state index contributed by atoms with van der Waals surface area (Å²) >= 11 is 0. The van der Waals surface area contributed by atoms with Crippen molar-refractivity contribution in [2.24, 2.45) is 0 Å². The highest BCUT2D eigenvalue weighted by Crippen LogP contribution is 2.26. The molecule has 0 aliphatic carbocycles. The van der Waals surface area contributed by atoms with Crippen molar-refractivity contribution >= 4 is 18.3 Å². The zero-order chi connectivity index (χ0) is 15.1. The van der Waals surface area contributed by atoms with Crippen LogP contribution in [-0.2, 0) is 4.79 Å². The number of carbonyl (C=O) groups excluding carboxylic acids is 1. The summed E-state index contributed by atoms with van der Waals surface area (Å²) in [5.74, 6) is 1.45. The maximum absolute atomic E-state index is 12.0. The van der Waals surface area contributed by atoms with E-state index in [-0.39, 0.29) is 30.5 Å². The summed E-state index contributed by atoms with van der Waals surface area (Å²) in [4.78, 5) is 12.0. The normalized spacial score (nSPS) is 18.7. The van der Waals surface area contributed by atoms with Gasteiger partial charge in [0.1, 0.15) is 6.10 Å². The second-order valence-electron chi connectivity index (χ2n) is 5.33. The molecule has 1 aromatic rings. The Balaban J connectivity index is 0.00000242. The van der Waals surface area contributed by atoms with Crippen LogP contribution in [0.3, 0.4) is 0 Å². The van der Waals surface area contributed by atoms with Gasteiger partial charge in [0.15, 0.2) is 11.5 Å². The Kier molecular flexibility index (Phi) is 8.06. The van der Waals surface area contributed by atoms with Crippen molar-refractivity contribution in [2.75, 3.05) is 20.2 Å². The molecule has 1 heterocycles. The van der Waals surface area contributed by atoms with E-state index in [4.69, 9.17) is 9.47 Å². The Bertz CT molecular complexity index is 464. The molecule has 0 bridgehead atoms. The smallest absolute Gasteiger partial charge is 0.237 e. The molecule has 1 aliphatic heterocycles. The number of nitrogens with one attached hydrogen (secondary N) is 2. The monoisotopic (exact) mass is 328 g/mol. The summed E-state index contributed by atoms with van der Waals surface area (Å²) in [5.41, 5.74) is 0. The van der Waals surface area contributed by atoms with Gasteiger partial charge in [-0.2, -0.15) is 0 Å².